The molecule has 0 atom stereocenters. The molecule has 0 unspecified atom stereocenters. The number of benzene rings is 1. The first-order valence-electron chi connectivity index (χ1n) is 9.92. The van der Waals surface area contributed by atoms with E-state index in [1.165, 1.54) is 12.1 Å². The van der Waals surface area contributed by atoms with Crippen LogP contribution in [-0.2, 0) is 14.4 Å². The van der Waals surface area contributed by atoms with Gasteiger partial charge < -0.3 is 14.6 Å². The summed E-state index contributed by atoms with van der Waals surface area (Å²) in [6, 6.07) is 3.75. The molecule has 2 fully saturated rings. The zero-order valence-electron chi connectivity index (χ0n) is 16.7. The first kappa shape index (κ1) is 21.4. The zero-order chi connectivity index (χ0) is 21.7. The molecule has 1 aliphatic carbocycles. The number of barbiturate groups is 1. The fraction of sp³-hybridized carbons (Fsp3) is 0.429. The van der Waals surface area contributed by atoms with Crippen molar-refractivity contribution in [3.8, 4) is 11.5 Å². The third-order valence-corrected chi connectivity index (χ3v) is 5.00. The predicted molar refractivity (Wildman–Crippen MR) is 106 cm³/mol. The molecule has 0 spiro atoms. The van der Waals surface area contributed by atoms with Gasteiger partial charge in [-0.25, -0.2) is 9.59 Å². The van der Waals surface area contributed by atoms with Crippen molar-refractivity contribution in [1.82, 2.24) is 10.2 Å². The number of carbonyl (C=O) groups is 4. The Balaban J connectivity index is 1.88. The van der Waals surface area contributed by atoms with E-state index in [9.17, 15) is 19.2 Å². The van der Waals surface area contributed by atoms with E-state index in [1.54, 1.807) is 19.1 Å². The normalized spacial score (nSPS) is 19.0. The van der Waals surface area contributed by atoms with Crippen LogP contribution in [0.15, 0.2) is 23.8 Å². The second-order valence-corrected chi connectivity index (χ2v) is 7.11. The Bertz CT molecular complexity index is 887. The van der Waals surface area contributed by atoms with Gasteiger partial charge >= 0.3 is 12.0 Å². The molecule has 160 valence electrons. The fourth-order valence-electron chi connectivity index (χ4n) is 3.65. The van der Waals surface area contributed by atoms with Crippen LogP contribution in [0.2, 0.25) is 0 Å². The lowest BCUT2D eigenvalue weighted by Gasteiger charge is -2.35. The molecule has 1 aliphatic heterocycles. The third-order valence-electron chi connectivity index (χ3n) is 5.00. The van der Waals surface area contributed by atoms with Gasteiger partial charge in [0.15, 0.2) is 18.1 Å². The Morgan fingerprint density at radius 2 is 1.90 bits per heavy atom. The second-order valence-electron chi connectivity index (χ2n) is 7.11. The van der Waals surface area contributed by atoms with Crippen molar-refractivity contribution in [2.45, 2.75) is 45.1 Å². The quantitative estimate of drug-likeness (QED) is 0.517. The maximum Gasteiger partial charge on any atom is 0.341 e. The van der Waals surface area contributed by atoms with Gasteiger partial charge in [-0.2, -0.15) is 0 Å². The monoisotopic (exact) mass is 416 g/mol. The van der Waals surface area contributed by atoms with Crippen molar-refractivity contribution in [3.63, 3.8) is 0 Å². The number of imide groups is 2. The maximum atomic E-state index is 13.0. The Labute approximate surface area is 173 Å². The molecule has 1 saturated carbocycles. The topological polar surface area (TPSA) is 122 Å². The van der Waals surface area contributed by atoms with Crippen molar-refractivity contribution >= 4 is 29.9 Å². The van der Waals surface area contributed by atoms with Crippen LogP contribution in [0.3, 0.4) is 0 Å². The average molecular weight is 416 g/mol. The van der Waals surface area contributed by atoms with Crippen LogP contribution in [0.4, 0.5) is 4.79 Å². The molecule has 0 radical (unpaired) electrons. The summed E-state index contributed by atoms with van der Waals surface area (Å²) in [5.41, 5.74) is 0.347. The number of carboxylic acid groups (broad SMARTS) is 1. The van der Waals surface area contributed by atoms with Crippen LogP contribution in [0, 0.1) is 0 Å². The van der Waals surface area contributed by atoms with Gasteiger partial charge in [-0.3, -0.25) is 19.8 Å². The first-order valence-corrected chi connectivity index (χ1v) is 9.92. The zero-order valence-corrected chi connectivity index (χ0v) is 16.7. The highest BCUT2D eigenvalue weighted by Crippen LogP contribution is 2.31. The predicted octanol–water partition coefficient (Wildman–Crippen LogP) is 2.34. The van der Waals surface area contributed by atoms with E-state index in [0.29, 0.717) is 12.2 Å². The number of amides is 4. The van der Waals surface area contributed by atoms with Crippen molar-refractivity contribution in [2.24, 2.45) is 0 Å². The number of hydrogen-bond acceptors (Lipinski definition) is 6. The molecule has 9 heteroatoms. The molecule has 0 aromatic heterocycles. The number of aliphatic carboxylic acids is 1. The van der Waals surface area contributed by atoms with Crippen LogP contribution in [0.5, 0.6) is 11.5 Å². The summed E-state index contributed by atoms with van der Waals surface area (Å²) in [5.74, 6) is -1.96. The number of carboxylic acids is 1. The minimum atomic E-state index is -1.12. The van der Waals surface area contributed by atoms with Crippen LogP contribution < -0.4 is 14.8 Å². The van der Waals surface area contributed by atoms with Crippen LogP contribution >= 0.6 is 0 Å². The van der Waals surface area contributed by atoms with Gasteiger partial charge in [-0.05, 0) is 43.5 Å². The van der Waals surface area contributed by atoms with Gasteiger partial charge in [0.2, 0.25) is 0 Å². The molecule has 30 heavy (non-hydrogen) atoms. The van der Waals surface area contributed by atoms with E-state index in [4.69, 9.17) is 14.6 Å². The second kappa shape index (κ2) is 9.43. The van der Waals surface area contributed by atoms with Crippen molar-refractivity contribution in [3.05, 3.63) is 29.3 Å². The minimum absolute atomic E-state index is 0.137. The van der Waals surface area contributed by atoms with Crippen LogP contribution in [0.25, 0.3) is 6.08 Å². The summed E-state index contributed by atoms with van der Waals surface area (Å²) in [6.45, 7) is 1.55. The highest BCUT2D eigenvalue weighted by Gasteiger charge is 2.40. The van der Waals surface area contributed by atoms with E-state index in [2.05, 4.69) is 5.32 Å². The largest absolute Gasteiger partial charge is 0.490 e. The van der Waals surface area contributed by atoms with Crippen LogP contribution in [-0.4, -0.2) is 53.1 Å². The molecule has 1 heterocycles. The summed E-state index contributed by atoms with van der Waals surface area (Å²) in [4.78, 5) is 49.5. The summed E-state index contributed by atoms with van der Waals surface area (Å²) in [5, 5.41) is 11.0. The summed E-state index contributed by atoms with van der Waals surface area (Å²) < 4.78 is 10.7. The molecule has 1 aromatic carbocycles. The molecule has 1 saturated heterocycles. The standard InChI is InChI=1S/C21H24N2O7/c1-2-29-17-11-13(8-9-16(17)30-12-18(24)25)10-15-19(26)22-21(28)23(20(15)27)14-6-4-3-5-7-14/h8-11,14H,2-7,12H2,1H3,(H,24,25)(H,22,26,28)/b15-10+. The smallest absolute Gasteiger partial charge is 0.341 e. The van der Waals surface area contributed by atoms with Crippen molar-refractivity contribution in [1.29, 1.82) is 0 Å². The van der Waals surface area contributed by atoms with Crippen LogP contribution in [0.1, 0.15) is 44.6 Å². The Morgan fingerprint density at radius 1 is 1.17 bits per heavy atom. The molecule has 4 amide bonds. The number of hydrogen-bond donors (Lipinski definition) is 2. The molecule has 9 nitrogen and oxygen atoms in total. The first-order chi connectivity index (χ1) is 14.4. The molecule has 0 bridgehead atoms. The summed E-state index contributed by atoms with van der Waals surface area (Å²) in [6.07, 6.45) is 5.78. The fourth-order valence-corrected chi connectivity index (χ4v) is 3.65. The highest BCUT2D eigenvalue weighted by molar-refractivity contribution is 6.31. The average Bonchev–Trinajstić information content (AvgIpc) is 2.71. The lowest BCUT2D eigenvalue weighted by Crippen LogP contribution is -2.58. The molecule has 3 rings (SSSR count). The number of nitrogens with one attached hydrogen (secondary N) is 1. The molecular weight excluding hydrogens is 392 g/mol. The van der Waals surface area contributed by atoms with Crippen molar-refractivity contribution in [2.75, 3.05) is 13.2 Å². The molecule has 1 aromatic rings. The number of ether oxygens (including phenoxy) is 2. The lowest BCUT2D eigenvalue weighted by molar-refractivity contribution is -0.139. The number of rotatable bonds is 7. The minimum Gasteiger partial charge on any atom is -0.490 e. The maximum absolute atomic E-state index is 13.0. The number of urea groups is 1. The number of nitrogens with zero attached hydrogens (tertiary/aromatic N) is 1. The van der Waals surface area contributed by atoms with E-state index < -0.39 is 30.4 Å². The Kier molecular flexibility index (Phi) is 6.71. The number of carbonyl (C=O) groups excluding carboxylic acids is 3. The summed E-state index contributed by atoms with van der Waals surface area (Å²) in [7, 11) is 0. The molecule has 2 aliphatic rings. The van der Waals surface area contributed by atoms with Gasteiger partial charge in [-0.15, -0.1) is 0 Å². The van der Waals surface area contributed by atoms with E-state index in [1.807, 2.05) is 0 Å². The molecular formula is C21H24N2O7. The third kappa shape index (κ3) is 4.79. The SMILES string of the molecule is CCOc1cc(/C=C2\C(=O)NC(=O)N(C3CCCCC3)C2=O)ccc1OCC(=O)O. The van der Waals surface area contributed by atoms with Gasteiger partial charge in [0, 0.05) is 6.04 Å². The lowest BCUT2D eigenvalue weighted by atomic mass is 9.93. The van der Waals surface area contributed by atoms with E-state index in [0.717, 1.165) is 37.0 Å². The van der Waals surface area contributed by atoms with E-state index >= 15 is 0 Å². The highest BCUT2D eigenvalue weighted by atomic mass is 16.5. The van der Waals surface area contributed by atoms with Gasteiger partial charge in [0.05, 0.1) is 6.61 Å². The van der Waals surface area contributed by atoms with Gasteiger partial charge in [0.25, 0.3) is 11.8 Å². The Morgan fingerprint density at radius 3 is 2.57 bits per heavy atom. The van der Waals surface area contributed by atoms with E-state index in [-0.39, 0.29) is 23.1 Å². The van der Waals surface area contributed by atoms with Crippen molar-refractivity contribution < 1.29 is 33.8 Å². The van der Waals surface area contributed by atoms with Gasteiger partial charge in [0.1, 0.15) is 5.57 Å². The van der Waals surface area contributed by atoms with Gasteiger partial charge in [-0.1, -0.05) is 25.3 Å². The molecule has 2 N–H and O–H groups in total. The Hall–Kier alpha value is -3.36. The summed E-state index contributed by atoms with van der Waals surface area (Å²) >= 11 is 0.